The van der Waals surface area contributed by atoms with E-state index in [0.29, 0.717) is 6.54 Å². The van der Waals surface area contributed by atoms with Crippen molar-refractivity contribution in [3.8, 4) is 0 Å². The number of aromatic nitrogens is 1. The molecule has 1 aliphatic heterocycles. The Hall–Kier alpha value is -1.78. The first kappa shape index (κ1) is 15.6. The SMILES string of the molecule is Cc1cccnc1N[C@@H]1CCCN(C(=O)OC(C)(C)C)C1. The zero-order valence-corrected chi connectivity index (χ0v) is 13.3. The smallest absolute Gasteiger partial charge is 0.410 e. The van der Waals surface area contributed by atoms with Gasteiger partial charge in [-0.2, -0.15) is 0 Å². The Morgan fingerprint density at radius 3 is 2.90 bits per heavy atom. The molecule has 2 heterocycles. The van der Waals surface area contributed by atoms with Crippen LogP contribution in [0.2, 0.25) is 0 Å². The van der Waals surface area contributed by atoms with Crippen LogP contribution in [-0.2, 0) is 4.74 Å². The van der Waals surface area contributed by atoms with Gasteiger partial charge < -0.3 is 15.0 Å². The summed E-state index contributed by atoms with van der Waals surface area (Å²) in [4.78, 5) is 18.3. The molecule has 1 atom stereocenters. The average molecular weight is 291 g/mol. The molecule has 1 amide bonds. The second kappa shape index (κ2) is 6.33. The second-order valence-corrected chi connectivity index (χ2v) is 6.58. The zero-order valence-electron chi connectivity index (χ0n) is 13.3. The molecule has 1 saturated heterocycles. The Labute approximate surface area is 126 Å². The van der Waals surface area contributed by atoms with E-state index in [1.807, 2.05) is 39.8 Å². The monoisotopic (exact) mass is 291 g/mol. The van der Waals surface area contributed by atoms with Crippen molar-refractivity contribution in [3.05, 3.63) is 23.9 Å². The van der Waals surface area contributed by atoms with Gasteiger partial charge in [-0.05, 0) is 52.2 Å². The number of hydrogen-bond donors (Lipinski definition) is 1. The lowest BCUT2D eigenvalue weighted by Gasteiger charge is -2.34. The number of rotatable bonds is 2. The average Bonchev–Trinajstić information content (AvgIpc) is 2.40. The molecule has 0 bridgehead atoms. The molecule has 2 rings (SSSR count). The highest BCUT2D eigenvalue weighted by Gasteiger charge is 2.27. The summed E-state index contributed by atoms with van der Waals surface area (Å²) in [5.41, 5.74) is 0.668. The third-order valence-electron chi connectivity index (χ3n) is 3.42. The van der Waals surface area contributed by atoms with Crippen molar-refractivity contribution in [1.29, 1.82) is 0 Å². The largest absolute Gasteiger partial charge is 0.444 e. The van der Waals surface area contributed by atoms with Crippen LogP contribution >= 0.6 is 0 Å². The number of ether oxygens (including phenoxy) is 1. The highest BCUT2D eigenvalue weighted by molar-refractivity contribution is 5.68. The molecule has 0 spiro atoms. The number of anilines is 1. The Morgan fingerprint density at radius 2 is 2.24 bits per heavy atom. The van der Waals surface area contributed by atoms with E-state index in [-0.39, 0.29) is 12.1 Å². The molecule has 116 valence electrons. The van der Waals surface area contributed by atoms with Crippen molar-refractivity contribution >= 4 is 11.9 Å². The Kier molecular flexibility index (Phi) is 4.70. The van der Waals surface area contributed by atoms with Crippen molar-refractivity contribution < 1.29 is 9.53 Å². The first-order chi connectivity index (χ1) is 9.85. The number of nitrogens with zero attached hydrogens (tertiary/aromatic N) is 2. The minimum atomic E-state index is -0.449. The van der Waals surface area contributed by atoms with Crippen LogP contribution in [-0.4, -0.2) is 40.7 Å². The predicted molar refractivity (Wildman–Crippen MR) is 83.4 cm³/mol. The highest BCUT2D eigenvalue weighted by Crippen LogP contribution is 2.19. The fraction of sp³-hybridized carbons (Fsp3) is 0.625. The van der Waals surface area contributed by atoms with Gasteiger partial charge in [0.1, 0.15) is 11.4 Å². The van der Waals surface area contributed by atoms with Crippen molar-refractivity contribution in [2.75, 3.05) is 18.4 Å². The summed E-state index contributed by atoms with van der Waals surface area (Å²) in [5.74, 6) is 0.897. The molecule has 0 aliphatic carbocycles. The lowest BCUT2D eigenvalue weighted by Crippen LogP contribution is -2.47. The molecule has 1 aromatic rings. The van der Waals surface area contributed by atoms with E-state index in [1.54, 1.807) is 11.1 Å². The maximum Gasteiger partial charge on any atom is 0.410 e. The number of pyridine rings is 1. The Balaban J connectivity index is 1.95. The summed E-state index contributed by atoms with van der Waals surface area (Å²) >= 11 is 0. The van der Waals surface area contributed by atoms with Crippen LogP contribution < -0.4 is 5.32 Å². The number of carbonyl (C=O) groups excluding carboxylic acids is 1. The quantitative estimate of drug-likeness (QED) is 0.909. The lowest BCUT2D eigenvalue weighted by atomic mass is 10.1. The van der Waals surface area contributed by atoms with Crippen LogP contribution in [0.3, 0.4) is 0 Å². The normalized spacial score (nSPS) is 19.2. The minimum Gasteiger partial charge on any atom is -0.444 e. The van der Waals surface area contributed by atoms with Crippen LogP contribution in [0, 0.1) is 6.92 Å². The first-order valence-electron chi connectivity index (χ1n) is 7.51. The molecule has 5 nitrogen and oxygen atoms in total. The maximum atomic E-state index is 12.1. The molecule has 0 saturated carbocycles. The standard InChI is InChI=1S/C16H25N3O2/c1-12-7-5-9-17-14(12)18-13-8-6-10-19(11-13)15(20)21-16(2,3)4/h5,7,9,13H,6,8,10-11H2,1-4H3,(H,17,18)/t13-/m1/s1. The molecule has 21 heavy (non-hydrogen) atoms. The highest BCUT2D eigenvalue weighted by atomic mass is 16.6. The van der Waals surface area contributed by atoms with Gasteiger partial charge in [-0.1, -0.05) is 6.07 Å². The fourth-order valence-corrected chi connectivity index (χ4v) is 2.42. The van der Waals surface area contributed by atoms with E-state index < -0.39 is 5.60 Å². The Morgan fingerprint density at radius 1 is 1.48 bits per heavy atom. The maximum absolute atomic E-state index is 12.1. The van der Waals surface area contributed by atoms with Gasteiger partial charge in [-0.15, -0.1) is 0 Å². The molecule has 1 aliphatic rings. The lowest BCUT2D eigenvalue weighted by molar-refractivity contribution is 0.0206. The molecule has 1 aromatic heterocycles. The van der Waals surface area contributed by atoms with Crippen LogP contribution in [0.5, 0.6) is 0 Å². The number of likely N-dealkylation sites (tertiary alicyclic amines) is 1. The topological polar surface area (TPSA) is 54.5 Å². The van der Waals surface area contributed by atoms with Crippen molar-refractivity contribution in [2.24, 2.45) is 0 Å². The Bertz CT molecular complexity index is 497. The number of hydrogen-bond acceptors (Lipinski definition) is 4. The third kappa shape index (κ3) is 4.62. The summed E-state index contributed by atoms with van der Waals surface area (Å²) in [6.07, 6.45) is 3.56. The minimum absolute atomic E-state index is 0.222. The molecule has 0 aromatic carbocycles. The van der Waals surface area contributed by atoms with Gasteiger partial charge in [0.25, 0.3) is 0 Å². The molecule has 1 fully saturated rings. The summed E-state index contributed by atoms with van der Waals surface area (Å²) < 4.78 is 5.44. The molecular weight excluding hydrogens is 266 g/mol. The molecular formula is C16H25N3O2. The third-order valence-corrected chi connectivity index (χ3v) is 3.42. The molecule has 0 unspecified atom stereocenters. The van der Waals surface area contributed by atoms with E-state index in [0.717, 1.165) is 30.8 Å². The number of piperidine rings is 1. The molecule has 1 N–H and O–H groups in total. The first-order valence-corrected chi connectivity index (χ1v) is 7.51. The van der Waals surface area contributed by atoms with E-state index in [9.17, 15) is 4.79 Å². The van der Waals surface area contributed by atoms with Gasteiger partial charge in [0, 0.05) is 25.3 Å². The van der Waals surface area contributed by atoms with Gasteiger partial charge in [-0.3, -0.25) is 0 Å². The summed E-state index contributed by atoms with van der Waals surface area (Å²) in [5, 5.41) is 3.44. The van der Waals surface area contributed by atoms with Crippen molar-refractivity contribution in [3.63, 3.8) is 0 Å². The number of aryl methyl sites for hydroxylation is 1. The van der Waals surface area contributed by atoms with Gasteiger partial charge in [0.15, 0.2) is 0 Å². The predicted octanol–water partition coefficient (Wildman–Crippen LogP) is 3.20. The molecule has 0 radical (unpaired) electrons. The van der Waals surface area contributed by atoms with Crippen LogP contribution in [0.15, 0.2) is 18.3 Å². The van der Waals surface area contributed by atoms with Crippen LogP contribution in [0.1, 0.15) is 39.2 Å². The van der Waals surface area contributed by atoms with E-state index >= 15 is 0 Å². The number of nitrogens with one attached hydrogen (secondary N) is 1. The van der Waals surface area contributed by atoms with Crippen LogP contribution in [0.4, 0.5) is 10.6 Å². The van der Waals surface area contributed by atoms with Gasteiger partial charge in [0.2, 0.25) is 0 Å². The van der Waals surface area contributed by atoms with E-state index in [4.69, 9.17) is 4.74 Å². The summed E-state index contributed by atoms with van der Waals surface area (Å²) in [6.45, 7) is 9.12. The van der Waals surface area contributed by atoms with E-state index in [2.05, 4.69) is 10.3 Å². The van der Waals surface area contributed by atoms with Gasteiger partial charge in [0.05, 0.1) is 0 Å². The summed E-state index contributed by atoms with van der Waals surface area (Å²) in [7, 11) is 0. The summed E-state index contributed by atoms with van der Waals surface area (Å²) in [6, 6.07) is 4.18. The van der Waals surface area contributed by atoms with E-state index in [1.165, 1.54) is 0 Å². The molecule has 5 heteroatoms. The van der Waals surface area contributed by atoms with Crippen molar-refractivity contribution in [1.82, 2.24) is 9.88 Å². The van der Waals surface area contributed by atoms with Crippen molar-refractivity contribution in [2.45, 2.75) is 52.2 Å². The fourth-order valence-electron chi connectivity index (χ4n) is 2.42. The van der Waals surface area contributed by atoms with Gasteiger partial charge in [-0.25, -0.2) is 9.78 Å². The zero-order chi connectivity index (χ0) is 15.5. The van der Waals surface area contributed by atoms with Crippen LogP contribution in [0.25, 0.3) is 0 Å². The number of carbonyl (C=O) groups is 1. The van der Waals surface area contributed by atoms with Gasteiger partial charge >= 0.3 is 6.09 Å². The second-order valence-electron chi connectivity index (χ2n) is 6.58. The number of amides is 1.